The second kappa shape index (κ2) is 9.78. The van der Waals surface area contributed by atoms with Crippen LogP contribution in [0.15, 0.2) is 58.5 Å². The van der Waals surface area contributed by atoms with Crippen molar-refractivity contribution in [3.8, 4) is 0 Å². The van der Waals surface area contributed by atoms with Gasteiger partial charge in [-0.3, -0.25) is 4.99 Å². The predicted octanol–water partition coefficient (Wildman–Crippen LogP) is 3.59. The summed E-state index contributed by atoms with van der Waals surface area (Å²) in [6.45, 7) is 3.69. The van der Waals surface area contributed by atoms with Crippen LogP contribution >= 0.6 is 0 Å². The van der Waals surface area contributed by atoms with Gasteiger partial charge in [-0.2, -0.15) is 4.98 Å². The fraction of sp³-hybridized carbons (Fsp3) is 0.292. The van der Waals surface area contributed by atoms with Gasteiger partial charge in [0.25, 0.3) is 0 Å². The first-order chi connectivity index (χ1) is 16.0. The van der Waals surface area contributed by atoms with E-state index in [2.05, 4.69) is 9.98 Å². The van der Waals surface area contributed by atoms with Crippen LogP contribution in [0.25, 0.3) is 0 Å². The number of nitrogens with two attached hydrogens (primary N) is 1. The average Bonchev–Trinajstić information content (AvgIpc) is 2.83. The van der Waals surface area contributed by atoms with Gasteiger partial charge < -0.3 is 15.5 Å². The third-order valence-electron chi connectivity index (χ3n) is 5.74. The minimum Gasteiger partial charge on any atom is -0.398 e. The summed E-state index contributed by atoms with van der Waals surface area (Å²) in [5.74, 6) is 1.11. The number of hydrogen-bond acceptors (Lipinski definition) is 8. The average molecular weight is 482 g/mol. The largest absolute Gasteiger partial charge is 0.398 e. The summed E-state index contributed by atoms with van der Waals surface area (Å²) in [5, 5.41) is 0. The number of aryl methyl sites for hydroxylation is 1. The molecule has 0 aliphatic rings. The van der Waals surface area contributed by atoms with Crippen molar-refractivity contribution in [3.63, 3.8) is 0 Å². The first kappa shape index (κ1) is 25.1. The van der Waals surface area contributed by atoms with Crippen LogP contribution in [0.3, 0.4) is 0 Å². The highest BCUT2D eigenvalue weighted by molar-refractivity contribution is 7.89. The van der Waals surface area contributed by atoms with Crippen LogP contribution in [-0.2, 0) is 10.0 Å². The van der Waals surface area contributed by atoms with E-state index in [1.807, 2.05) is 49.2 Å². The molecule has 0 aliphatic carbocycles. The molecule has 2 N–H and O–H groups in total. The maximum absolute atomic E-state index is 12.7. The number of aliphatic imine (C=N–C) groups is 1. The lowest BCUT2D eigenvalue weighted by atomic mass is 10.1. The number of nitrogen functional groups attached to an aromatic ring is 1. The van der Waals surface area contributed by atoms with E-state index in [9.17, 15) is 8.42 Å². The molecular formula is C24H31N7O2S. The molecule has 0 radical (unpaired) electrons. The molecule has 2 aromatic carbocycles. The molecule has 3 rings (SSSR count). The predicted molar refractivity (Wildman–Crippen MR) is 139 cm³/mol. The Morgan fingerprint density at radius 1 is 0.971 bits per heavy atom. The number of benzene rings is 2. The minimum absolute atomic E-state index is 0.248. The SMILES string of the molecule is CN=C(C)c1cc(N(C)c2ccnc(N(C)c3ccc(C)c(S(=O)(=O)N(C)C)c3)n2)ccc1N. The van der Waals surface area contributed by atoms with Crippen molar-refractivity contribution in [1.29, 1.82) is 0 Å². The summed E-state index contributed by atoms with van der Waals surface area (Å²) < 4.78 is 26.7. The Kier molecular flexibility index (Phi) is 7.23. The monoisotopic (exact) mass is 481 g/mol. The molecule has 0 atom stereocenters. The van der Waals surface area contributed by atoms with Crippen molar-refractivity contribution in [2.75, 3.05) is 50.8 Å². The van der Waals surface area contributed by atoms with Crippen molar-refractivity contribution in [2.45, 2.75) is 18.7 Å². The van der Waals surface area contributed by atoms with E-state index in [0.717, 1.165) is 17.0 Å². The Labute approximate surface area is 201 Å². The number of rotatable bonds is 7. The van der Waals surface area contributed by atoms with Gasteiger partial charge in [-0.1, -0.05) is 6.07 Å². The molecule has 0 saturated heterocycles. The Bertz CT molecular complexity index is 1340. The highest BCUT2D eigenvalue weighted by Crippen LogP contribution is 2.30. The first-order valence-corrected chi connectivity index (χ1v) is 12.1. The maximum atomic E-state index is 12.7. The molecule has 0 bridgehead atoms. The first-order valence-electron chi connectivity index (χ1n) is 10.6. The van der Waals surface area contributed by atoms with E-state index in [0.29, 0.717) is 28.7 Å². The summed E-state index contributed by atoms with van der Waals surface area (Å²) in [6, 6.07) is 12.8. The fourth-order valence-electron chi connectivity index (χ4n) is 3.39. The van der Waals surface area contributed by atoms with Gasteiger partial charge in [-0.25, -0.2) is 17.7 Å². The number of aromatic nitrogens is 2. The number of hydrogen-bond donors (Lipinski definition) is 1. The lowest BCUT2D eigenvalue weighted by Crippen LogP contribution is -2.23. The maximum Gasteiger partial charge on any atom is 0.242 e. The Morgan fingerprint density at radius 2 is 1.62 bits per heavy atom. The van der Waals surface area contributed by atoms with Crippen LogP contribution in [0, 0.1) is 6.92 Å². The molecule has 0 amide bonds. The van der Waals surface area contributed by atoms with Gasteiger partial charge in [0.1, 0.15) is 5.82 Å². The minimum atomic E-state index is -3.58. The molecule has 1 heterocycles. The van der Waals surface area contributed by atoms with Crippen molar-refractivity contribution >= 4 is 44.6 Å². The number of nitrogens with zero attached hydrogens (tertiary/aromatic N) is 6. The second-order valence-corrected chi connectivity index (χ2v) is 10.3. The van der Waals surface area contributed by atoms with Gasteiger partial charge in [-0.15, -0.1) is 0 Å². The van der Waals surface area contributed by atoms with E-state index in [-0.39, 0.29) is 4.90 Å². The van der Waals surface area contributed by atoms with Gasteiger partial charge in [0.2, 0.25) is 16.0 Å². The standard InChI is InChI=1S/C24H31N7O2S/c1-16-8-9-19(15-22(16)34(32,33)29(4)5)31(7)24-27-13-12-23(28-24)30(6)18-10-11-21(25)20(14-18)17(2)26-3/h8-15H,25H2,1-7H3. The molecule has 1 aromatic heterocycles. The van der Waals surface area contributed by atoms with Crippen molar-refractivity contribution in [2.24, 2.45) is 4.99 Å². The van der Waals surface area contributed by atoms with Gasteiger partial charge in [-0.05, 0) is 55.8 Å². The molecule has 34 heavy (non-hydrogen) atoms. The van der Waals surface area contributed by atoms with Crippen molar-refractivity contribution in [1.82, 2.24) is 14.3 Å². The van der Waals surface area contributed by atoms with Crippen LogP contribution in [0.5, 0.6) is 0 Å². The lowest BCUT2D eigenvalue weighted by molar-refractivity contribution is 0.520. The van der Waals surface area contributed by atoms with Gasteiger partial charge in [0.15, 0.2) is 0 Å². The van der Waals surface area contributed by atoms with Gasteiger partial charge >= 0.3 is 0 Å². The molecule has 9 nitrogen and oxygen atoms in total. The highest BCUT2D eigenvalue weighted by atomic mass is 32.2. The molecule has 0 unspecified atom stereocenters. The van der Waals surface area contributed by atoms with E-state index in [1.54, 1.807) is 44.2 Å². The molecule has 0 fully saturated rings. The Morgan fingerprint density at radius 3 is 2.26 bits per heavy atom. The van der Waals surface area contributed by atoms with E-state index >= 15 is 0 Å². The second-order valence-electron chi connectivity index (χ2n) is 8.15. The number of anilines is 5. The zero-order valence-electron chi connectivity index (χ0n) is 20.6. The van der Waals surface area contributed by atoms with E-state index in [4.69, 9.17) is 10.7 Å². The van der Waals surface area contributed by atoms with Crippen LogP contribution in [0.1, 0.15) is 18.1 Å². The molecule has 0 saturated carbocycles. The Hall–Kier alpha value is -3.50. The molecule has 10 heteroatoms. The van der Waals surface area contributed by atoms with Crippen LogP contribution in [-0.4, -0.2) is 63.6 Å². The van der Waals surface area contributed by atoms with Crippen LogP contribution in [0.2, 0.25) is 0 Å². The topological polar surface area (TPSA) is 108 Å². The zero-order valence-corrected chi connectivity index (χ0v) is 21.4. The lowest BCUT2D eigenvalue weighted by Gasteiger charge is -2.23. The molecule has 180 valence electrons. The molecule has 0 aliphatic heterocycles. The third kappa shape index (κ3) is 4.87. The zero-order chi connectivity index (χ0) is 25.2. The molecular weight excluding hydrogens is 450 g/mol. The van der Waals surface area contributed by atoms with E-state index in [1.165, 1.54) is 18.4 Å². The third-order valence-corrected chi connectivity index (χ3v) is 7.70. The quantitative estimate of drug-likeness (QED) is 0.406. The summed E-state index contributed by atoms with van der Waals surface area (Å²) in [5.41, 5.74) is 10.7. The highest BCUT2D eigenvalue weighted by Gasteiger charge is 2.21. The van der Waals surface area contributed by atoms with Crippen LogP contribution < -0.4 is 15.5 Å². The van der Waals surface area contributed by atoms with Crippen molar-refractivity contribution in [3.05, 3.63) is 59.8 Å². The van der Waals surface area contributed by atoms with Crippen LogP contribution in [0.4, 0.5) is 28.8 Å². The summed E-state index contributed by atoms with van der Waals surface area (Å²) in [4.78, 5) is 17.3. The van der Waals surface area contributed by atoms with E-state index < -0.39 is 10.0 Å². The molecule has 3 aromatic rings. The summed E-state index contributed by atoms with van der Waals surface area (Å²) >= 11 is 0. The Balaban J connectivity index is 1.98. The number of sulfonamides is 1. The van der Waals surface area contributed by atoms with Gasteiger partial charge in [0, 0.05) is 69.8 Å². The van der Waals surface area contributed by atoms with Gasteiger partial charge in [0.05, 0.1) is 4.90 Å². The van der Waals surface area contributed by atoms with Crippen molar-refractivity contribution < 1.29 is 8.42 Å². The molecule has 0 spiro atoms. The smallest absolute Gasteiger partial charge is 0.242 e. The summed E-state index contributed by atoms with van der Waals surface area (Å²) in [7, 11) is 4.90. The summed E-state index contributed by atoms with van der Waals surface area (Å²) in [6.07, 6.45) is 1.67. The normalized spacial score (nSPS) is 12.2. The fourth-order valence-corrected chi connectivity index (χ4v) is 4.53.